The van der Waals surface area contributed by atoms with Crippen LogP contribution in [0.2, 0.25) is 0 Å². The molecule has 0 aromatic carbocycles. The highest BCUT2D eigenvalue weighted by Gasteiger charge is 2.32. The Morgan fingerprint density at radius 3 is 2.24 bits per heavy atom. The molecule has 0 aromatic rings. The minimum Gasteiger partial charge on any atom is -0.354 e. The summed E-state index contributed by atoms with van der Waals surface area (Å²) in [5.74, 6) is -0.283. The van der Waals surface area contributed by atoms with Gasteiger partial charge in [0.2, 0.25) is 11.8 Å². The Morgan fingerprint density at radius 1 is 1.08 bits per heavy atom. The summed E-state index contributed by atoms with van der Waals surface area (Å²) in [6.07, 6.45) is 3.92. The first kappa shape index (κ1) is 23.2. The van der Waals surface area contributed by atoms with E-state index >= 15 is 0 Å². The molecule has 144 valence electrons. The van der Waals surface area contributed by atoms with Crippen LogP contribution in [0.3, 0.4) is 0 Å². The van der Waals surface area contributed by atoms with Crippen LogP contribution in [0.15, 0.2) is 5.11 Å². The third kappa shape index (κ3) is 12.3. The molecule has 0 radical (unpaired) electrons. The summed E-state index contributed by atoms with van der Waals surface area (Å²) in [5.41, 5.74) is 8.12. The van der Waals surface area contributed by atoms with Gasteiger partial charge in [-0.3, -0.25) is 9.59 Å². The van der Waals surface area contributed by atoms with Crippen molar-refractivity contribution in [2.24, 2.45) is 15.9 Å². The van der Waals surface area contributed by atoms with Gasteiger partial charge in [0.05, 0.1) is 0 Å². The summed E-state index contributed by atoms with van der Waals surface area (Å²) in [4.78, 5) is 27.3. The number of amides is 2. The molecular formula is C18H35N5O2. The van der Waals surface area contributed by atoms with Gasteiger partial charge in [0, 0.05) is 24.4 Å². The number of nitrogens with one attached hydrogen (secondary N) is 2. The summed E-state index contributed by atoms with van der Waals surface area (Å²) >= 11 is 0. The minimum atomic E-state index is -0.581. The van der Waals surface area contributed by atoms with Crippen LogP contribution in [0.1, 0.15) is 73.6 Å². The van der Waals surface area contributed by atoms with Gasteiger partial charge in [-0.25, -0.2) is 0 Å². The van der Waals surface area contributed by atoms with E-state index in [1.807, 2.05) is 20.8 Å². The van der Waals surface area contributed by atoms with Gasteiger partial charge in [0.15, 0.2) is 0 Å². The zero-order valence-corrected chi connectivity index (χ0v) is 16.7. The van der Waals surface area contributed by atoms with Gasteiger partial charge in [-0.1, -0.05) is 53.1 Å². The normalized spacial score (nSPS) is 12.9. The van der Waals surface area contributed by atoms with Crippen molar-refractivity contribution >= 4 is 11.8 Å². The average molecular weight is 354 g/mol. The van der Waals surface area contributed by atoms with E-state index in [1.54, 1.807) is 0 Å². The van der Waals surface area contributed by atoms with Crippen molar-refractivity contribution in [3.05, 3.63) is 10.4 Å². The molecule has 0 spiro atoms. The highest BCUT2D eigenvalue weighted by molar-refractivity contribution is 5.88. The van der Waals surface area contributed by atoms with Gasteiger partial charge < -0.3 is 10.6 Å². The van der Waals surface area contributed by atoms with Crippen molar-refractivity contribution in [3.8, 4) is 0 Å². The number of rotatable bonds is 10. The number of carbonyl (C=O) groups is 2. The van der Waals surface area contributed by atoms with E-state index in [1.165, 1.54) is 0 Å². The lowest BCUT2D eigenvalue weighted by molar-refractivity contribution is -0.131. The second kappa shape index (κ2) is 11.0. The highest BCUT2D eigenvalue weighted by Crippen LogP contribution is 2.22. The molecule has 0 saturated heterocycles. The predicted octanol–water partition coefficient (Wildman–Crippen LogP) is 3.94. The molecule has 2 N–H and O–H groups in total. The van der Waals surface area contributed by atoms with Crippen molar-refractivity contribution < 1.29 is 9.59 Å². The molecule has 0 heterocycles. The number of carbonyl (C=O) groups excluding carboxylic acids is 2. The van der Waals surface area contributed by atoms with Gasteiger partial charge in [0.25, 0.3) is 0 Å². The van der Waals surface area contributed by atoms with Crippen LogP contribution in [-0.2, 0) is 9.59 Å². The van der Waals surface area contributed by atoms with Crippen molar-refractivity contribution in [2.45, 2.75) is 79.7 Å². The van der Waals surface area contributed by atoms with Crippen LogP contribution in [0.5, 0.6) is 0 Å². The fourth-order valence-electron chi connectivity index (χ4n) is 2.36. The Labute approximate surface area is 151 Å². The Hall–Kier alpha value is -1.75. The van der Waals surface area contributed by atoms with Gasteiger partial charge in [-0.15, -0.1) is 0 Å². The summed E-state index contributed by atoms with van der Waals surface area (Å²) in [6, 6.07) is -0.581. The van der Waals surface area contributed by atoms with Gasteiger partial charge in [-0.05, 0) is 35.6 Å². The third-order valence-electron chi connectivity index (χ3n) is 3.81. The van der Waals surface area contributed by atoms with Gasteiger partial charge in [0.1, 0.15) is 6.04 Å². The van der Waals surface area contributed by atoms with Crippen molar-refractivity contribution in [2.75, 3.05) is 13.1 Å². The second-order valence-electron chi connectivity index (χ2n) is 8.73. The maximum atomic E-state index is 12.4. The minimum absolute atomic E-state index is 0.0851. The molecule has 25 heavy (non-hydrogen) atoms. The molecule has 2 amide bonds. The van der Waals surface area contributed by atoms with Crippen molar-refractivity contribution in [1.82, 2.24) is 10.6 Å². The van der Waals surface area contributed by atoms with Gasteiger partial charge in [-0.2, -0.15) is 0 Å². The number of nitrogens with zero attached hydrogens (tertiary/aromatic N) is 3. The van der Waals surface area contributed by atoms with Crippen LogP contribution >= 0.6 is 0 Å². The fraction of sp³-hybridized carbons (Fsp3) is 0.889. The molecule has 0 aliphatic rings. The molecule has 0 rings (SSSR count). The van der Waals surface area contributed by atoms with E-state index < -0.39 is 6.04 Å². The quantitative estimate of drug-likeness (QED) is 0.268. The number of hydrogen-bond donors (Lipinski definition) is 2. The SMILES string of the molecule is CC(C)(C)CCCCC(=O)NC(C(=O)NCCCN=[N+]=[N-])C(C)(C)C. The van der Waals surface area contributed by atoms with E-state index in [0.29, 0.717) is 25.9 Å². The third-order valence-corrected chi connectivity index (χ3v) is 3.81. The second-order valence-corrected chi connectivity index (χ2v) is 8.73. The lowest BCUT2D eigenvalue weighted by atomic mass is 9.85. The Morgan fingerprint density at radius 2 is 1.72 bits per heavy atom. The number of azide groups is 1. The van der Waals surface area contributed by atoms with E-state index in [0.717, 1.165) is 19.3 Å². The molecular weight excluding hydrogens is 318 g/mol. The Kier molecular flexibility index (Phi) is 10.2. The van der Waals surface area contributed by atoms with E-state index in [-0.39, 0.29) is 22.6 Å². The van der Waals surface area contributed by atoms with Crippen molar-refractivity contribution in [1.29, 1.82) is 0 Å². The largest absolute Gasteiger partial charge is 0.354 e. The molecule has 7 heteroatoms. The fourth-order valence-corrected chi connectivity index (χ4v) is 2.36. The monoisotopic (exact) mass is 353 g/mol. The Bertz CT molecular complexity index is 471. The molecule has 0 saturated carbocycles. The van der Waals surface area contributed by atoms with Crippen LogP contribution in [0.4, 0.5) is 0 Å². The standard InChI is InChI=1S/C18H35N5O2/c1-17(2,3)11-8-7-10-14(24)22-15(18(4,5)6)16(25)20-12-9-13-21-23-19/h15H,7-13H2,1-6H3,(H,20,25)(H,22,24). The maximum absolute atomic E-state index is 12.4. The van der Waals surface area contributed by atoms with Crippen LogP contribution in [0.25, 0.3) is 10.4 Å². The summed E-state index contributed by atoms with van der Waals surface area (Å²) in [6.45, 7) is 13.1. The van der Waals surface area contributed by atoms with E-state index in [9.17, 15) is 9.59 Å². The molecule has 0 aromatic heterocycles. The zero-order valence-electron chi connectivity index (χ0n) is 16.7. The number of hydrogen-bond acceptors (Lipinski definition) is 3. The molecule has 0 fully saturated rings. The van der Waals surface area contributed by atoms with E-state index in [2.05, 4.69) is 41.4 Å². The lowest BCUT2D eigenvalue weighted by Gasteiger charge is -2.30. The zero-order chi connectivity index (χ0) is 19.5. The van der Waals surface area contributed by atoms with E-state index in [4.69, 9.17) is 5.53 Å². The van der Waals surface area contributed by atoms with Crippen LogP contribution < -0.4 is 10.6 Å². The molecule has 1 atom stereocenters. The summed E-state index contributed by atoms with van der Waals surface area (Å²) in [7, 11) is 0. The van der Waals surface area contributed by atoms with Crippen molar-refractivity contribution in [3.63, 3.8) is 0 Å². The van der Waals surface area contributed by atoms with Crippen LogP contribution in [0, 0.1) is 10.8 Å². The lowest BCUT2D eigenvalue weighted by Crippen LogP contribution is -2.53. The average Bonchev–Trinajstić information content (AvgIpc) is 2.46. The summed E-state index contributed by atoms with van der Waals surface area (Å²) in [5, 5.41) is 9.11. The first-order valence-corrected chi connectivity index (χ1v) is 9.05. The van der Waals surface area contributed by atoms with Crippen LogP contribution in [-0.4, -0.2) is 30.9 Å². The molecule has 0 aliphatic carbocycles. The number of unbranched alkanes of at least 4 members (excludes halogenated alkanes) is 1. The Balaban J connectivity index is 4.40. The summed E-state index contributed by atoms with van der Waals surface area (Å²) < 4.78 is 0. The molecule has 0 aliphatic heterocycles. The predicted molar refractivity (Wildman–Crippen MR) is 101 cm³/mol. The van der Waals surface area contributed by atoms with Gasteiger partial charge >= 0.3 is 0 Å². The first-order chi connectivity index (χ1) is 11.5. The molecule has 7 nitrogen and oxygen atoms in total. The smallest absolute Gasteiger partial charge is 0.243 e. The highest BCUT2D eigenvalue weighted by atomic mass is 16.2. The molecule has 0 bridgehead atoms. The maximum Gasteiger partial charge on any atom is 0.243 e. The first-order valence-electron chi connectivity index (χ1n) is 9.05. The topological polar surface area (TPSA) is 107 Å². The molecule has 1 unspecified atom stereocenters.